The van der Waals surface area contributed by atoms with Gasteiger partial charge in [-0.2, -0.15) is 0 Å². The van der Waals surface area contributed by atoms with Crippen molar-refractivity contribution in [3.8, 4) is 0 Å². The van der Waals surface area contributed by atoms with Gasteiger partial charge in [-0.1, -0.05) is 0 Å². The molecule has 1 amide bonds. The second-order valence-electron chi connectivity index (χ2n) is 7.13. The molecule has 0 heterocycles. The normalized spacial score (nSPS) is 35.0. The molecule has 6 nitrogen and oxygen atoms in total. The maximum Gasteiger partial charge on any atom is 0.407 e. The first-order valence-electron chi connectivity index (χ1n) is 8.01. The van der Waals surface area contributed by atoms with E-state index in [0.29, 0.717) is 17.8 Å². The molecule has 4 bridgehead atoms. The number of Topliss-reactive ketones (excluding diaryl/α,β-unsaturated/α-hetero) is 1. The van der Waals surface area contributed by atoms with E-state index in [9.17, 15) is 14.4 Å². The van der Waals surface area contributed by atoms with Crippen molar-refractivity contribution < 1.29 is 23.9 Å². The van der Waals surface area contributed by atoms with Crippen LogP contribution in [0.4, 0.5) is 4.79 Å². The van der Waals surface area contributed by atoms with Crippen molar-refractivity contribution in [2.45, 2.75) is 38.5 Å². The van der Waals surface area contributed by atoms with Crippen LogP contribution in [0, 0.1) is 23.2 Å². The number of hydrogen-bond acceptors (Lipinski definition) is 5. The van der Waals surface area contributed by atoms with Gasteiger partial charge in [-0.3, -0.25) is 9.59 Å². The molecule has 0 unspecified atom stereocenters. The van der Waals surface area contributed by atoms with Crippen LogP contribution in [-0.2, 0) is 19.1 Å². The molecular formula is C16H23NO5. The molecule has 4 rings (SSSR count). The molecule has 4 fully saturated rings. The third-order valence-corrected chi connectivity index (χ3v) is 5.56. The van der Waals surface area contributed by atoms with Crippen LogP contribution in [0.3, 0.4) is 0 Å². The molecule has 0 atom stereocenters. The number of ether oxygens (including phenoxy) is 2. The molecule has 0 aromatic rings. The van der Waals surface area contributed by atoms with Gasteiger partial charge < -0.3 is 14.8 Å². The third-order valence-electron chi connectivity index (χ3n) is 5.56. The number of carbonyl (C=O) groups excluding carboxylic acids is 3. The van der Waals surface area contributed by atoms with E-state index in [4.69, 9.17) is 4.74 Å². The number of alkyl carbamates (subject to hydrolysis) is 1. The van der Waals surface area contributed by atoms with Crippen molar-refractivity contribution in [2.75, 3.05) is 20.3 Å². The molecule has 4 aliphatic rings. The zero-order valence-corrected chi connectivity index (χ0v) is 12.9. The van der Waals surface area contributed by atoms with Gasteiger partial charge in [0.05, 0.1) is 7.11 Å². The summed E-state index contributed by atoms with van der Waals surface area (Å²) in [6.45, 7) is -0.450. The molecule has 6 heteroatoms. The van der Waals surface area contributed by atoms with Crippen molar-refractivity contribution in [3.63, 3.8) is 0 Å². The quantitative estimate of drug-likeness (QED) is 0.781. The van der Waals surface area contributed by atoms with Gasteiger partial charge in [-0.25, -0.2) is 4.79 Å². The van der Waals surface area contributed by atoms with E-state index in [1.165, 1.54) is 26.4 Å². The smallest absolute Gasteiger partial charge is 0.407 e. The van der Waals surface area contributed by atoms with Crippen molar-refractivity contribution in [1.82, 2.24) is 5.32 Å². The van der Waals surface area contributed by atoms with E-state index < -0.39 is 12.1 Å². The van der Waals surface area contributed by atoms with Gasteiger partial charge in [-0.05, 0) is 56.3 Å². The number of carbonyl (C=O) groups is 3. The summed E-state index contributed by atoms with van der Waals surface area (Å²) in [7, 11) is 1.22. The molecule has 0 spiro atoms. The number of ketones is 1. The Bertz CT molecular complexity index is 452. The zero-order valence-electron chi connectivity index (χ0n) is 12.9. The Morgan fingerprint density at radius 2 is 1.59 bits per heavy atom. The molecule has 0 aromatic heterocycles. The summed E-state index contributed by atoms with van der Waals surface area (Å²) in [6, 6.07) is 0. The van der Waals surface area contributed by atoms with Crippen molar-refractivity contribution in [2.24, 2.45) is 23.2 Å². The molecule has 4 aliphatic carbocycles. The van der Waals surface area contributed by atoms with Crippen LogP contribution < -0.4 is 5.32 Å². The first-order valence-corrected chi connectivity index (χ1v) is 8.01. The second kappa shape index (κ2) is 5.89. The fourth-order valence-electron chi connectivity index (χ4n) is 5.02. The van der Waals surface area contributed by atoms with Crippen LogP contribution in [0.15, 0.2) is 0 Å². The number of rotatable bonds is 5. The van der Waals surface area contributed by atoms with Crippen LogP contribution >= 0.6 is 0 Å². The lowest BCUT2D eigenvalue weighted by molar-refractivity contribution is -0.157. The fraction of sp³-hybridized carbons (Fsp3) is 0.812. The average Bonchev–Trinajstić information content (AvgIpc) is 2.48. The Balaban J connectivity index is 1.50. The number of hydrogen-bond donors (Lipinski definition) is 1. The first-order chi connectivity index (χ1) is 10.5. The molecule has 122 valence electrons. The maximum absolute atomic E-state index is 12.6. The summed E-state index contributed by atoms with van der Waals surface area (Å²) in [4.78, 5) is 35.0. The van der Waals surface area contributed by atoms with E-state index in [2.05, 4.69) is 10.1 Å². The molecule has 1 N–H and O–H groups in total. The lowest BCUT2D eigenvalue weighted by Crippen LogP contribution is -2.51. The van der Waals surface area contributed by atoms with Crippen LogP contribution in [0.2, 0.25) is 0 Å². The maximum atomic E-state index is 12.6. The predicted molar refractivity (Wildman–Crippen MR) is 77.0 cm³/mol. The summed E-state index contributed by atoms with van der Waals surface area (Å²) < 4.78 is 9.40. The number of methoxy groups -OCH3 is 1. The Labute approximate surface area is 129 Å². The molecule has 22 heavy (non-hydrogen) atoms. The largest absolute Gasteiger partial charge is 0.456 e. The number of esters is 1. The molecule has 0 radical (unpaired) electrons. The topological polar surface area (TPSA) is 81.7 Å². The van der Waals surface area contributed by atoms with Gasteiger partial charge in [0, 0.05) is 5.41 Å². The Kier molecular flexibility index (Phi) is 4.10. The van der Waals surface area contributed by atoms with Crippen LogP contribution in [0.5, 0.6) is 0 Å². The summed E-state index contributed by atoms with van der Waals surface area (Å²) in [5.41, 5.74) is -0.245. The Hall–Kier alpha value is -1.59. The van der Waals surface area contributed by atoms with E-state index in [0.717, 1.165) is 19.3 Å². The zero-order chi connectivity index (χ0) is 15.7. The Morgan fingerprint density at radius 3 is 2.09 bits per heavy atom. The molecule has 0 saturated heterocycles. The molecular weight excluding hydrogens is 286 g/mol. The standard InChI is InChI=1S/C16H23NO5/c1-21-15(20)17-8-14(19)22-9-13(18)16-5-10-2-11(6-16)4-12(3-10)7-16/h10-12H,2-9H2,1H3,(H,17,20). The lowest BCUT2D eigenvalue weighted by atomic mass is 9.48. The van der Waals surface area contributed by atoms with Crippen molar-refractivity contribution in [3.05, 3.63) is 0 Å². The first kappa shape index (κ1) is 15.3. The van der Waals surface area contributed by atoms with E-state index in [-0.39, 0.29) is 24.3 Å². The summed E-state index contributed by atoms with van der Waals surface area (Å²) in [5, 5.41) is 2.24. The summed E-state index contributed by atoms with van der Waals surface area (Å²) in [5.74, 6) is 1.52. The monoisotopic (exact) mass is 309 g/mol. The minimum absolute atomic E-state index is 0.0676. The van der Waals surface area contributed by atoms with Gasteiger partial charge in [0.1, 0.15) is 6.54 Å². The SMILES string of the molecule is COC(=O)NCC(=O)OCC(=O)C12CC3CC(CC(C3)C1)C2. The van der Waals surface area contributed by atoms with Crippen molar-refractivity contribution >= 4 is 17.8 Å². The predicted octanol–water partition coefficient (Wildman–Crippen LogP) is 1.67. The minimum atomic E-state index is -0.690. The third kappa shape index (κ3) is 2.96. The highest BCUT2D eigenvalue weighted by atomic mass is 16.5. The number of amides is 1. The van der Waals surface area contributed by atoms with Crippen molar-refractivity contribution in [1.29, 1.82) is 0 Å². The number of nitrogens with one attached hydrogen (secondary N) is 1. The fourth-order valence-corrected chi connectivity index (χ4v) is 5.02. The average molecular weight is 309 g/mol. The minimum Gasteiger partial charge on any atom is -0.456 e. The van der Waals surface area contributed by atoms with Gasteiger partial charge in [0.25, 0.3) is 0 Å². The summed E-state index contributed by atoms with van der Waals surface area (Å²) in [6.07, 6.45) is 6.03. The Morgan fingerprint density at radius 1 is 1.05 bits per heavy atom. The highest BCUT2D eigenvalue weighted by Crippen LogP contribution is 2.60. The van der Waals surface area contributed by atoms with Crippen LogP contribution in [0.25, 0.3) is 0 Å². The van der Waals surface area contributed by atoms with Crippen LogP contribution in [-0.4, -0.2) is 38.1 Å². The highest BCUT2D eigenvalue weighted by Gasteiger charge is 2.54. The van der Waals surface area contributed by atoms with Gasteiger partial charge in [0.15, 0.2) is 12.4 Å². The molecule has 0 aromatic carbocycles. The van der Waals surface area contributed by atoms with Crippen LogP contribution in [0.1, 0.15) is 38.5 Å². The van der Waals surface area contributed by atoms with E-state index >= 15 is 0 Å². The van der Waals surface area contributed by atoms with E-state index in [1.54, 1.807) is 0 Å². The highest BCUT2D eigenvalue weighted by molar-refractivity contribution is 5.88. The summed E-state index contributed by atoms with van der Waals surface area (Å²) >= 11 is 0. The second-order valence-corrected chi connectivity index (χ2v) is 7.13. The lowest BCUT2D eigenvalue weighted by Gasteiger charge is -2.55. The molecule has 4 saturated carbocycles. The molecule has 0 aliphatic heterocycles. The van der Waals surface area contributed by atoms with Gasteiger partial charge in [-0.15, -0.1) is 0 Å². The van der Waals surface area contributed by atoms with E-state index in [1.807, 2.05) is 0 Å². The van der Waals surface area contributed by atoms with Gasteiger partial charge in [0.2, 0.25) is 0 Å². The van der Waals surface area contributed by atoms with Gasteiger partial charge >= 0.3 is 12.1 Å².